The summed E-state index contributed by atoms with van der Waals surface area (Å²) in [5.74, 6) is 1.85. The normalized spacial score (nSPS) is 14.8. The maximum absolute atomic E-state index is 4.76. The fourth-order valence-corrected chi connectivity index (χ4v) is 2.59. The van der Waals surface area contributed by atoms with Crippen molar-refractivity contribution in [1.82, 2.24) is 9.55 Å². The Bertz CT molecular complexity index is 511. The number of hydrogen-bond acceptors (Lipinski definition) is 1. The van der Waals surface area contributed by atoms with Crippen LogP contribution >= 0.6 is 0 Å². The lowest BCUT2D eigenvalue weighted by molar-refractivity contribution is 0.522. The molecule has 2 aromatic rings. The van der Waals surface area contributed by atoms with E-state index in [1.54, 1.807) is 0 Å². The quantitative estimate of drug-likeness (QED) is 0.775. The smallest absolute Gasteiger partial charge is 0.109 e. The van der Waals surface area contributed by atoms with E-state index in [2.05, 4.69) is 48.9 Å². The molecule has 0 spiro atoms. The Morgan fingerprint density at radius 3 is 2.56 bits per heavy atom. The summed E-state index contributed by atoms with van der Waals surface area (Å²) in [6.07, 6.45) is 5.90. The van der Waals surface area contributed by atoms with Crippen molar-refractivity contribution in [1.29, 1.82) is 0 Å². The highest BCUT2D eigenvalue weighted by molar-refractivity contribution is 5.59. The van der Waals surface area contributed by atoms with Gasteiger partial charge < -0.3 is 4.57 Å². The molecule has 2 nitrogen and oxygen atoms in total. The zero-order valence-corrected chi connectivity index (χ0v) is 11.2. The minimum atomic E-state index is 0.592. The third-order valence-electron chi connectivity index (χ3n) is 3.78. The first-order chi connectivity index (χ1) is 8.74. The second-order valence-corrected chi connectivity index (χ2v) is 5.47. The van der Waals surface area contributed by atoms with Crippen molar-refractivity contribution < 1.29 is 0 Å². The van der Waals surface area contributed by atoms with Gasteiger partial charge in [0.1, 0.15) is 5.82 Å². The fraction of sp³-hybridized carbons (Fsp3) is 0.438. The molecule has 0 N–H and O–H groups in total. The molecule has 1 aliphatic heterocycles. The first kappa shape index (κ1) is 11.5. The average Bonchev–Trinajstić information content (AvgIpc) is 2.82. The highest BCUT2D eigenvalue weighted by atomic mass is 15.1. The van der Waals surface area contributed by atoms with Gasteiger partial charge in [0.15, 0.2) is 0 Å². The number of fused-ring (bicyclic) bond motifs is 1. The number of hydrogen-bond donors (Lipinski definition) is 0. The number of aryl methyl sites for hydroxylation is 2. The largest absolute Gasteiger partial charge is 0.334 e. The van der Waals surface area contributed by atoms with Crippen molar-refractivity contribution in [2.75, 3.05) is 0 Å². The Morgan fingerprint density at radius 2 is 1.89 bits per heavy atom. The molecule has 94 valence electrons. The molecule has 0 amide bonds. The van der Waals surface area contributed by atoms with E-state index >= 15 is 0 Å². The van der Waals surface area contributed by atoms with Gasteiger partial charge in [-0.2, -0.15) is 0 Å². The second-order valence-electron chi connectivity index (χ2n) is 5.47. The molecule has 0 bridgehead atoms. The van der Waals surface area contributed by atoms with Gasteiger partial charge in [-0.25, -0.2) is 4.98 Å². The molecule has 0 fully saturated rings. The number of benzene rings is 1. The van der Waals surface area contributed by atoms with Gasteiger partial charge in [0.05, 0.1) is 5.69 Å². The maximum Gasteiger partial charge on any atom is 0.109 e. The van der Waals surface area contributed by atoms with Crippen LogP contribution in [0.25, 0.3) is 11.3 Å². The van der Waals surface area contributed by atoms with Crippen LogP contribution in [-0.4, -0.2) is 9.55 Å². The van der Waals surface area contributed by atoms with Crippen molar-refractivity contribution >= 4 is 0 Å². The monoisotopic (exact) mass is 240 g/mol. The van der Waals surface area contributed by atoms with Crippen molar-refractivity contribution in [2.24, 2.45) is 0 Å². The fourth-order valence-electron chi connectivity index (χ4n) is 2.59. The highest BCUT2D eigenvalue weighted by Crippen LogP contribution is 2.24. The molecular formula is C16H20N2. The van der Waals surface area contributed by atoms with Crippen LogP contribution in [0.3, 0.4) is 0 Å². The molecule has 2 heterocycles. The van der Waals surface area contributed by atoms with Gasteiger partial charge in [0.25, 0.3) is 0 Å². The Kier molecular flexibility index (Phi) is 2.94. The Labute approximate surface area is 109 Å². The van der Waals surface area contributed by atoms with Crippen molar-refractivity contribution in [2.45, 2.75) is 45.6 Å². The number of nitrogens with zero attached hydrogens (tertiary/aromatic N) is 2. The summed E-state index contributed by atoms with van der Waals surface area (Å²) in [6, 6.07) is 8.84. The molecule has 3 rings (SSSR count). The van der Waals surface area contributed by atoms with Gasteiger partial charge in [0, 0.05) is 24.7 Å². The lowest BCUT2D eigenvalue weighted by atomic mass is 10.0. The van der Waals surface area contributed by atoms with Crippen LogP contribution in [0.1, 0.15) is 44.0 Å². The summed E-state index contributed by atoms with van der Waals surface area (Å²) in [7, 11) is 0. The molecule has 0 unspecified atom stereocenters. The second kappa shape index (κ2) is 4.60. The van der Waals surface area contributed by atoms with E-state index in [1.165, 1.54) is 29.8 Å². The molecule has 0 radical (unpaired) electrons. The zero-order valence-electron chi connectivity index (χ0n) is 11.2. The van der Waals surface area contributed by atoms with E-state index in [0.717, 1.165) is 18.7 Å². The molecule has 1 aromatic carbocycles. The summed E-state index contributed by atoms with van der Waals surface area (Å²) < 4.78 is 2.31. The Balaban J connectivity index is 1.92. The summed E-state index contributed by atoms with van der Waals surface area (Å²) >= 11 is 0. The van der Waals surface area contributed by atoms with E-state index in [0.29, 0.717) is 5.92 Å². The minimum absolute atomic E-state index is 0.592. The van der Waals surface area contributed by atoms with Crippen LogP contribution in [0.4, 0.5) is 0 Å². The molecule has 18 heavy (non-hydrogen) atoms. The van der Waals surface area contributed by atoms with Crippen LogP contribution in [0, 0.1) is 0 Å². The Morgan fingerprint density at radius 1 is 1.11 bits per heavy atom. The van der Waals surface area contributed by atoms with Gasteiger partial charge >= 0.3 is 0 Å². The standard InChI is InChI=1S/C16H20N2/c1-12(2)13-6-8-14(9-7-13)15-11-18-10-4-3-5-16(18)17-15/h6-9,11-12H,3-5,10H2,1-2H3. The molecular weight excluding hydrogens is 220 g/mol. The van der Waals surface area contributed by atoms with Gasteiger partial charge in [-0.15, -0.1) is 0 Å². The number of imidazole rings is 1. The van der Waals surface area contributed by atoms with Crippen LogP contribution in [-0.2, 0) is 13.0 Å². The van der Waals surface area contributed by atoms with E-state index in [9.17, 15) is 0 Å². The summed E-state index contributed by atoms with van der Waals surface area (Å²) in [4.78, 5) is 4.76. The van der Waals surface area contributed by atoms with E-state index < -0.39 is 0 Å². The molecule has 0 aliphatic carbocycles. The first-order valence-corrected chi connectivity index (χ1v) is 6.90. The topological polar surface area (TPSA) is 17.8 Å². The summed E-state index contributed by atoms with van der Waals surface area (Å²) in [6.45, 7) is 5.58. The van der Waals surface area contributed by atoms with Crippen molar-refractivity contribution in [3.05, 3.63) is 41.9 Å². The van der Waals surface area contributed by atoms with Gasteiger partial charge in [-0.1, -0.05) is 38.1 Å². The molecule has 0 saturated carbocycles. The average molecular weight is 240 g/mol. The Hall–Kier alpha value is -1.57. The molecule has 0 atom stereocenters. The van der Waals surface area contributed by atoms with Crippen LogP contribution in [0.5, 0.6) is 0 Å². The summed E-state index contributed by atoms with van der Waals surface area (Å²) in [5.41, 5.74) is 3.76. The minimum Gasteiger partial charge on any atom is -0.334 e. The van der Waals surface area contributed by atoms with E-state index in [4.69, 9.17) is 4.98 Å². The van der Waals surface area contributed by atoms with Crippen molar-refractivity contribution in [3.63, 3.8) is 0 Å². The van der Waals surface area contributed by atoms with E-state index in [-0.39, 0.29) is 0 Å². The third kappa shape index (κ3) is 2.07. The predicted octanol–water partition coefficient (Wildman–Crippen LogP) is 4.01. The van der Waals surface area contributed by atoms with Gasteiger partial charge in [-0.3, -0.25) is 0 Å². The zero-order chi connectivity index (χ0) is 12.5. The number of aromatic nitrogens is 2. The van der Waals surface area contributed by atoms with Gasteiger partial charge in [-0.05, 0) is 24.3 Å². The lowest BCUT2D eigenvalue weighted by Gasteiger charge is -2.11. The van der Waals surface area contributed by atoms with Crippen LogP contribution in [0.2, 0.25) is 0 Å². The highest BCUT2D eigenvalue weighted by Gasteiger charge is 2.13. The lowest BCUT2D eigenvalue weighted by Crippen LogP contribution is -2.08. The molecule has 1 aliphatic rings. The van der Waals surface area contributed by atoms with Crippen molar-refractivity contribution in [3.8, 4) is 11.3 Å². The molecule has 1 aromatic heterocycles. The molecule has 2 heteroatoms. The van der Waals surface area contributed by atoms with Crippen LogP contribution < -0.4 is 0 Å². The first-order valence-electron chi connectivity index (χ1n) is 6.90. The van der Waals surface area contributed by atoms with Crippen LogP contribution in [0.15, 0.2) is 30.5 Å². The molecule has 0 saturated heterocycles. The van der Waals surface area contributed by atoms with E-state index in [1.807, 2.05) is 0 Å². The number of rotatable bonds is 2. The van der Waals surface area contributed by atoms with Gasteiger partial charge in [0.2, 0.25) is 0 Å². The predicted molar refractivity (Wildman–Crippen MR) is 74.7 cm³/mol. The SMILES string of the molecule is CC(C)c1ccc(-c2cn3c(n2)CCCC3)cc1. The summed E-state index contributed by atoms with van der Waals surface area (Å²) in [5, 5.41) is 0. The third-order valence-corrected chi connectivity index (χ3v) is 3.78. The maximum atomic E-state index is 4.76.